The largest absolute Gasteiger partial charge is 1.00 e. The summed E-state index contributed by atoms with van der Waals surface area (Å²) in [4.78, 5) is 0. The molecule has 20 heavy (non-hydrogen) atoms. The first-order valence-electron chi connectivity index (χ1n) is 7.06. The first-order valence-corrected chi connectivity index (χ1v) is 10.5. The normalized spacial score (nSPS) is 12.8. The summed E-state index contributed by atoms with van der Waals surface area (Å²) in [6.07, 6.45) is 0. The van der Waals surface area contributed by atoms with Gasteiger partial charge in [-0.1, -0.05) is 52.4 Å². The third-order valence-electron chi connectivity index (χ3n) is 2.97. The van der Waals surface area contributed by atoms with Crippen molar-refractivity contribution in [2.45, 2.75) is 72.0 Å². The molecule has 0 amide bonds. The van der Waals surface area contributed by atoms with Crippen LogP contribution in [0.4, 0.5) is 0 Å². The molecular formula is C17H29LiOSi. The van der Waals surface area contributed by atoms with Gasteiger partial charge in [-0.2, -0.15) is 18.2 Å². The molecule has 0 aliphatic carbocycles. The Bertz CT molecular complexity index is 415. The molecule has 0 saturated carbocycles. The molecule has 1 aromatic carbocycles. The van der Waals surface area contributed by atoms with Gasteiger partial charge in [-0.3, -0.25) is 0 Å². The van der Waals surface area contributed by atoms with Crippen LogP contribution in [-0.4, -0.2) is 8.32 Å². The van der Waals surface area contributed by atoms with Crippen LogP contribution in [0.3, 0.4) is 0 Å². The molecule has 108 valence electrons. The summed E-state index contributed by atoms with van der Waals surface area (Å²) in [5, 5.41) is 0. The summed E-state index contributed by atoms with van der Waals surface area (Å²) >= 11 is 0. The van der Waals surface area contributed by atoms with Gasteiger partial charge in [-0.15, -0.1) is 11.1 Å². The fourth-order valence-corrected chi connectivity index (χ4v) is 2.85. The van der Waals surface area contributed by atoms with E-state index in [0.717, 1.165) is 5.75 Å². The molecule has 0 atom stereocenters. The predicted molar refractivity (Wildman–Crippen MR) is 86.7 cm³/mol. The molecule has 0 aliphatic rings. The molecule has 0 fully saturated rings. The van der Waals surface area contributed by atoms with Gasteiger partial charge < -0.3 is 4.43 Å². The molecule has 1 nitrogen and oxygen atoms in total. The third-order valence-corrected chi connectivity index (χ3v) is 3.79. The van der Waals surface area contributed by atoms with Gasteiger partial charge in [-0.05, 0) is 25.4 Å². The van der Waals surface area contributed by atoms with E-state index in [4.69, 9.17) is 4.43 Å². The minimum Gasteiger partial charge on any atom is -0.564 e. The second-order valence-electron chi connectivity index (χ2n) is 8.33. The minimum atomic E-state index is -1.63. The maximum Gasteiger partial charge on any atom is 1.00 e. The Balaban J connectivity index is 0.00000361. The number of benzene rings is 1. The average molecular weight is 284 g/mol. The van der Waals surface area contributed by atoms with Crippen molar-refractivity contribution in [3.8, 4) is 5.75 Å². The smallest absolute Gasteiger partial charge is 0.564 e. The Morgan fingerprint density at radius 2 is 1.20 bits per heavy atom. The van der Waals surface area contributed by atoms with Crippen molar-refractivity contribution in [2.24, 2.45) is 0 Å². The number of rotatable bonds is 2. The van der Waals surface area contributed by atoms with Crippen LogP contribution in [0, 0.1) is 6.07 Å². The molecule has 0 spiro atoms. The van der Waals surface area contributed by atoms with E-state index < -0.39 is 8.32 Å². The SMILES string of the molecule is CC(C)(C)c1c[c-]cc(C(C)(C)C)c1O[Si](C)(C)C.[Li+]. The fourth-order valence-electron chi connectivity index (χ4n) is 2.01. The summed E-state index contributed by atoms with van der Waals surface area (Å²) in [5.41, 5.74) is 2.68. The van der Waals surface area contributed by atoms with E-state index >= 15 is 0 Å². The van der Waals surface area contributed by atoms with Gasteiger partial charge in [0.15, 0.2) is 0 Å². The maximum absolute atomic E-state index is 6.44. The molecule has 0 saturated heterocycles. The van der Waals surface area contributed by atoms with Gasteiger partial charge in [0, 0.05) is 0 Å². The van der Waals surface area contributed by atoms with Crippen LogP contribution < -0.4 is 23.3 Å². The Kier molecular flexibility index (Phi) is 6.25. The molecule has 0 aliphatic heterocycles. The average Bonchev–Trinajstić information content (AvgIpc) is 2.11. The van der Waals surface area contributed by atoms with Crippen LogP contribution in [-0.2, 0) is 10.8 Å². The third kappa shape index (κ3) is 5.32. The molecule has 0 bridgehead atoms. The molecular weight excluding hydrogens is 255 g/mol. The van der Waals surface area contributed by atoms with Gasteiger partial charge >= 0.3 is 18.9 Å². The van der Waals surface area contributed by atoms with E-state index in [1.165, 1.54) is 11.1 Å². The summed E-state index contributed by atoms with van der Waals surface area (Å²) < 4.78 is 6.44. The monoisotopic (exact) mass is 284 g/mol. The van der Waals surface area contributed by atoms with Gasteiger partial charge in [0.1, 0.15) is 0 Å². The van der Waals surface area contributed by atoms with Crippen molar-refractivity contribution < 1.29 is 23.3 Å². The quantitative estimate of drug-likeness (QED) is 0.598. The number of hydrogen-bond acceptors (Lipinski definition) is 1. The summed E-state index contributed by atoms with van der Waals surface area (Å²) in [7, 11) is -1.63. The fraction of sp³-hybridized carbons (Fsp3) is 0.647. The van der Waals surface area contributed by atoms with Crippen LogP contribution in [0.1, 0.15) is 52.7 Å². The second kappa shape index (κ2) is 6.30. The molecule has 1 aromatic rings. The van der Waals surface area contributed by atoms with Crippen LogP contribution in [0.5, 0.6) is 5.75 Å². The van der Waals surface area contributed by atoms with Crippen LogP contribution >= 0.6 is 0 Å². The minimum absolute atomic E-state index is 0. The predicted octanol–water partition coefficient (Wildman–Crippen LogP) is 2.30. The van der Waals surface area contributed by atoms with Crippen molar-refractivity contribution in [1.82, 2.24) is 0 Å². The van der Waals surface area contributed by atoms with E-state index in [9.17, 15) is 0 Å². The Morgan fingerprint density at radius 3 is 1.45 bits per heavy atom. The van der Waals surface area contributed by atoms with Crippen molar-refractivity contribution in [2.75, 3.05) is 0 Å². The van der Waals surface area contributed by atoms with E-state index in [1.807, 2.05) is 0 Å². The molecule has 0 heterocycles. The van der Waals surface area contributed by atoms with Crippen molar-refractivity contribution >= 4 is 8.32 Å². The van der Waals surface area contributed by atoms with Crippen LogP contribution in [0.2, 0.25) is 19.6 Å². The maximum atomic E-state index is 6.44. The van der Waals surface area contributed by atoms with E-state index in [1.54, 1.807) is 0 Å². The zero-order valence-electron chi connectivity index (χ0n) is 15.1. The Hall–Kier alpha value is -0.166. The summed E-state index contributed by atoms with van der Waals surface area (Å²) in [5.74, 6) is 1.10. The second-order valence-corrected chi connectivity index (χ2v) is 12.8. The summed E-state index contributed by atoms with van der Waals surface area (Å²) in [6, 6.07) is 7.48. The Labute approximate surface area is 138 Å². The molecule has 3 heteroatoms. The van der Waals surface area contributed by atoms with E-state index in [0.29, 0.717) is 0 Å². The van der Waals surface area contributed by atoms with Crippen LogP contribution in [0.15, 0.2) is 12.1 Å². The summed E-state index contributed by atoms with van der Waals surface area (Å²) in [6.45, 7) is 20.1. The first-order chi connectivity index (χ1) is 8.32. The number of hydrogen-bond donors (Lipinski definition) is 0. The molecule has 0 N–H and O–H groups in total. The molecule has 0 aromatic heterocycles. The zero-order valence-corrected chi connectivity index (χ0v) is 16.1. The van der Waals surface area contributed by atoms with E-state index in [2.05, 4.69) is 79.4 Å². The molecule has 0 radical (unpaired) electrons. The van der Waals surface area contributed by atoms with Crippen molar-refractivity contribution in [3.05, 3.63) is 29.3 Å². The standard InChI is InChI=1S/C17H29OSi.Li/c1-16(2,3)13-11-10-12-14(17(4,5)6)15(13)18-19(7,8)9;/h11-12H,1-9H3;/q-1;+1. The van der Waals surface area contributed by atoms with Crippen molar-refractivity contribution in [1.29, 1.82) is 0 Å². The molecule has 1 rings (SSSR count). The van der Waals surface area contributed by atoms with Gasteiger partial charge in [0.05, 0.1) is 0 Å². The van der Waals surface area contributed by atoms with Gasteiger partial charge in [0.2, 0.25) is 8.32 Å². The topological polar surface area (TPSA) is 9.23 Å². The zero-order chi connectivity index (χ0) is 15.1. The van der Waals surface area contributed by atoms with Gasteiger partial charge in [-0.25, -0.2) is 0 Å². The molecule has 0 unspecified atom stereocenters. The van der Waals surface area contributed by atoms with Gasteiger partial charge in [0.25, 0.3) is 0 Å². The van der Waals surface area contributed by atoms with Crippen molar-refractivity contribution in [3.63, 3.8) is 0 Å². The van der Waals surface area contributed by atoms with Crippen LogP contribution in [0.25, 0.3) is 0 Å². The van der Waals surface area contributed by atoms with E-state index in [-0.39, 0.29) is 29.7 Å². The Morgan fingerprint density at radius 1 is 0.850 bits per heavy atom. The first kappa shape index (κ1) is 19.8.